The molecule has 8 heteroatoms. The number of anilines is 1. The molecule has 1 saturated heterocycles. The fourth-order valence-corrected chi connectivity index (χ4v) is 4.62. The number of aliphatic hydroxyl groups is 1. The molecule has 5 rings (SSSR count). The maximum Gasteiger partial charge on any atom is 0.272 e. The van der Waals surface area contributed by atoms with Gasteiger partial charge < -0.3 is 5.11 Å². The van der Waals surface area contributed by atoms with Gasteiger partial charge in [0.15, 0.2) is 12.0 Å². The molecule has 1 atom stereocenters. The first-order valence-electron chi connectivity index (χ1n) is 10.7. The van der Waals surface area contributed by atoms with Gasteiger partial charge in [0.1, 0.15) is 0 Å². The summed E-state index contributed by atoms with van der Waals surface area (Å²) in [6, 6.07) is 15.3. The number of fused-ring (bicyclic) bond motifs is 3. The highest BCUT2D eigenvalue weighted by Crippen LogP contribution is 2.35. The van der Waals surface area contributed by atoms with Crippen molar-refractivity contribution in [2.24, 2.45) is 9.98 Å². The highest BCUT2D eigenvalue weighted by Gasteiger charge is 2.43. The zero-order valence-corrected chi connectivity index (χ0v) is 18.4. The number of aliphatic hydroxyl groups excluding tert-OH is 1. The maximum atomic E-state index is 13.6. The smallest absolute Gasteiger partial charge is 0.272 e. The summed E-state index contributed by atoms with van der Waals surface area (Å²) in [5.41, 5.74) is 3.57. The number of hydrogen-bond donors (Lipinski definition) is 1. The topological polar surface area (TPSA) is 71.7 Å². The fraction of sp³-hybridized carbons (Fsp3) is 0.292. The highest BCUT2D eigenvalue weighted by molar-refractivity contribution is 6.35. The Morgan fingerprint density at radius 2 is 1.84 bits per heavy atom. The number of amidine groups is 1. The fourth-order valence-electron chi connectivity index (χ4n) is 4.45. The van der Waals surface area contributed by atoms with Crippen LogP contribution in [0.5, 0.6) is 0 Å². The van der Waals surface area contributed by atoms with Crippen molar-refractivity contribution in [2.45, 2.75) is 6.17 Å². The molecular formula is C24H24ClN5O2. The van der Waals surface area contributed by atoms with E-state index in [1.165, 1.54) is 0 Å². The summed E-state index contributed by atoms with van der Waals surface area (Å²) in [6.07, 6.45) is -0.602. The number of aliphatic imine (C=N–C) groups is 2. The van der Waals surface area contributed by atoms with Gasteiger partial charge in [-0.3, -0.25) is 19.5 Å². The van der Waals surface area contributed by atoms with Gasteiger partial charge in [0, 0.05) is 48.9 Å². The Bertz CT molecular complexity index is 1120. The SMILES string of the molecule is C=C1N=C(c2ccccc2)c2cc(Cl)ccc2N2C(=O)C(N3CCN(CCO)CC3)N=C12. The highest BCUT2D eigenvalue weighted by atomic mass is 35.5. The monoisotopic (exact) mass is 449 g/mol. The lowest BCUT2D eigenvalue weighted by molar-refractivity contribution is -0.122. The lowest BCUT2D eigenvalue weighted by Gasteiger charge is -2.36. The van der Waals surface area contributed by atoms with E-state index in [4.69, 9.17) is 21.6 Å². The second-order valence-electron chi connectivity index (χ2n) is 8.04. The summed E-state index contributed by atoms with van der Waals surface area (Å²) >= 11 is 6.35. The van der Waals surface area contributed by atoms with Gasteiger partial charge in [-0.1, -0.05) is 48.5 Å². The molecule has 3 aliphatic heterocycles. The molecule has 3 heterocycles. The molecule has 1 unspecified atom stereocenters. The Morgan fingerprint density at radius 3 is 2.56 bits per heavy atom. The number of hydrogen-bond acceptors (Lipinski definition) is 6. The number of rotatable bonds is 4. The third-order valence-electron chi connectivity index (χ3n) is 6.07. The number of amides is 1. The lowest BCUT2D eigenvalue weighted by Crippen LogP contribution is -2.53. The zero-order chi connectivity index (χ0) is 22.2. The van der Waals surface area contributed by atoms with Gasteiger partial charge in [0.05, 0.1) is 23.7 Å². The predicted octanol–water partition coefficient (Wildman–Crippen LogP) is 2.39. The molecule has 0 radical (unpaired) electrons. The first kappa shape index (κ1) is 21.0. The number of halogens is 1. The average molecular weight is 450 g/mol. The van der Waals surface area contributed by atoms with Crippen LogP contribution in [0.1, 0.15) is 11.1 Å². The normalized spacial score (nSPS) is 21.7. The Kier molecular flexibility index (Phi) is 5.65. The van der Waals surface area contributed by atoms with E-state index >= 15 is 0 Å². The minimum atomic E-state index is -0.602. The summed E-state index contributed by atoms with van der Waals surface area (Å²) in [5.74, 6) is 0.372. The summed E-state index contributed by atoms with van der Waals surface area (Å²) < 4.78 is 0. The number of piperazine rings is 1. The molecule has 1 fully saturated rings. The lowest BCUT2D eigenvalue weighted by atomic mass is 10.00. The summed E-state index contributed by atoms with van der Waals surface area (Å²) in [6.45, 7) is 7.93. The van der Waals surface area contributed by atoms with Crippen LogP contribution in [0.2, 0.25) is 5.02 Å². The molecule has 1 N–H and O–H groups in total. The van der Waals surface area contributed by atoms with Gasteiger partial charge >= 0.3 is 0 Å². The van der Waals surface area contributed by atoms with Crippen LogP contribution in [0.4, 0.5) is 5.69 Å². The zero-order valence-electron chi connectivity index (χ0n) is 17.6. The van der Waals surface area contributed by atoms with Crippen molar-refractivity contribution in [3.63, 3.8) is 0 Å². The van der Waals surface area contributed by atoms with Crippen LogP contribution in [0.15, 0.2) is 70.8 Å². The van der Waals surface area contributed by atoms with E-state index in [-0.39, 0.29) is 12.5 Å². The third kappa shape index (κ3) is 3.67. The van der Waals surface area contributed by atoms with E-state index in [0.29, 0.717) is 47.6 Å². The van der Waals surface area contributed by atoms with E-state index in [1.807, 2.05) is 42.5 Å². The summed E-state index contributed by atoms with van der Waals surface area (Å²) in [4.78, 5) is 29.1. The van der Waals surface area contributed by atoms with Crippen LogP contribution < -0.4 is 4.90 Å². The van der Waals surface area contributed by atoms with Crippen molar-refractivity contribution in [3.8, 4) is 0 Å². The van der Waals surface area contributed by atoms with Gasteiger partial charge in [0.2, 0.25) is 0 Å². The van der Waals surface area contributed by atoms with Gasteiger partial charge in [-0.05, 0) is 18.2 Å². The van der Waals surface area contributed by atoms with Gasteiger partial charge in [-0.15, -0.1) is 0 Å². The second kappa shape index (κ2) is 8.60. The molecule has 164 valence electrons. The standard InChI is InChI=1S/C24H24ClN5O2/c1-16-22-27-23(29-11-9-28(10-12-29)13-14-31)24(32)30(22)20-8-7-18(25)15-19(20)21(26-16)17-5-3-2-4-6-17/h2-8,15,23,31H,1,9-14H2. The largest absolute Gasteiger partial charge is 0.395 e. The third-order valence-corrected chi connectivity index (χ3v) is 6.31. The van der Waals surface area contributed by atoms with E-state index < -0.39 is 6.17 Å². The molecule has 2 aromatic rings. The molecule has 0 aliphatic carbocycles. The molecule has 0 aromatic heterocycles. The summed E-state index contributed by atoms with van der Waals surface area (Å²) in [5, 5.41) is 9.75. The number of β-amino-alcohol motifs (C(OH)–C–C–N with tert-alkyl or cyclic N) is 1. The van der Waals surface area contributed by atoms with Crippen LogP contribution in [0, 0.1) is 0 Å². The first-order valence-corrected chi connectivity index (χ1v) is 11.1. The molecular weight excluding hydrogens is 426 g/mol. The van der Waals surface area contributed by atoms with Gasteiger partial charge in [0.25, 0.3) is 5.91 Å². The minimum Gasteiger partial charge on any atom is -0.395 e. The number of carbonyl (C=O) groups is 1. The van der Waals surface area contributed by atoms with Crippen LogP contribution in [0.25, 0.3) is 0 Å². The Labute approximate surface area is 191 Å². The van der Waals surface area contributed by atoms with E-state index in [9.17, 15) is 9.90 Å². The van der Waals surface area contributed by atoms with Crippen molar-refractivity contribution in [3.05, 3.63) is 77.0 Å². The van der Waals surface area contributed by atoms with Crippen LogP contribution in [-0.2, 0) is 4.79 Å². The van der Waals surface area contributed by atoms with Gasteiger partial charge in [-0.25, -0.2) is 9.98 Å². The van der Waals surface area contributed by atoms with Crippen molar-refractivity contribution in [2.75, 3.05) is 44.2 Å². The Morgan fingerprint density at radius 1 is 1.09 bits per heavy atom. The van der Waals surface area contributed by atoms with Crippen molar-refractivity contribution in [1.29, 1.82) is 0 Å². The number of carbonyl (C=O) groups excluding carboxylic acids is 1. The Balaban J connectivity index is 1.54. The van der Waals surface area contributed by atoms with Crippen LogP contribution in [-0.4, -0.2) is 77.9 Å². The van der Waals surface area contributed by atoms with E-state index in [0.717, 1.165) is 24.2 Å². The second-order valence-corrected chi connectivity index (χ2v) is 8.47. The Hall–Kier alpha value is -2.84. The van der Waals surface area contributed by atoms with Crippen LogP contribution >= 0.6 is 11.6 Å². The maximum absolute atomic E-state index is 13.6. The van der Waals surface area contributed by atoms with Gasteiger partial charge in [-0.2, -0.15) is 0 Å². The minimum absolute atomic E-state index is 0.107. The molecule has 1 amide bonds. The first-order chi connectivity index (χ1) is 15.6. The quantitative estimate of drug-likeness (QED) is 0.778. The summed E-state index contributed by atoms with van der Waals surface area (Å²) in [7, 11) is 0. The van der Waals surface area contributed by atoms with Crippen molar-refractivity contribution in [1.82, 2.24) is 9.80 Å². The van der Waals surface area contributed by atoms with Crippen molar-refractivity contribution < 1.29 is 9.90 Å². The van der Waals surface area contributed by atoms with Crippen molar-refractivity contribution >= 4 is 34.7 Å². The predicted molar refractivity (Wildman–Crippen MR) is 126 cm³/mol. The number of benzene rings is 2. The van der Waals surface area contributed by atoms with Crippen LogP contribution in [0.3, 0.4) is 0 Å². The number of nitrogens with zero attached hydrogens (tertiary/aromatic N) is 5. The molecule has 32 heavy (non-hydrogen) atoms. The molecule has 7 nitrogen and oxygen atoms in total. The van der Waals surface area contributed by atoms with E-state index in [2.05, 4.69) is 16.4 Å². The molecule has 0 spiro atoms. The molecule has 0 bridgehead atoms. The molecule has 3 aliphatic rings. The average Bonchev–Trinajstić information content (AvgIpc) is 3.10. The molecule has 2 aromatic carbocycles. The molecule has 0 saturated carbocycles. The van der Waals surface area contributed by atoms with E-state index in [1.54, 1.807) is 11.0 Å².